The molecule has 0 spiro atoms. The van der Waals surface area contributed by atoms with Crippen LogP contribution in [0.2, 0.25) is 0 Å². The Morgan fingerprint density at radius 2 is 1.45 bits per heavy atom. The SMILES string of the molecule is FC(F)(F)c1cc(/C=C/c2noc(-c3ccc(CN4CCCC4)cc3)n2)cc(C(F)(F)F)c1. The highest BCUT2D eigenvalue weighted by atomic mass is 19.4. The van der Waals surface area contributed by atoms with Crippen molar-refractivity contribution in [2.45, 2.75) is 31.7 Å². The van der Waals surface area contributed by atoms with E-state index in [1.807, 2.05) is 24.3 Å². The minimum absolute atomic E-state index is 0.0251. The lowest BCUT2D eigenvalue weighted by Gasteiger charge is -2.14. The molecule has 3 aromatic rings. The van der Waals surface area contributed by atoms with E-state index >= 15 is 0 Å². The van der Waals surface area contributed by atoms with Gasteiger partial charge in [-0.15, -0.1) is 0 Å². The predicted molar refractivity (Wildman–Crippen MR) is 110 cm³/mol. The van der Waals surface area contributed by atoms with Gasteiger partial charge in [0.2, 0.25) is 0 Å². The molecule has 0 unspecified atom stereocenters. The summed E-state index contributed by atoms with van der Waals surface area (Å²) in [7, 11) is 0. The molecule has 4 nitrogen and oxygen atoms in total. The van der Waals surface area contributed by atoms with Gasteiger partial charge in [0, 0.05) is 12.1 Å². The summed E-state index contributed by atoms with van der Waals surface area (Å²) >= 11 is 0. The molecule has 33 heavy (non-hydrogen) atoms. The number of alkyl halides is 6. The lowest BCUT2D eigenvalue weighted by Crippen LogP contribution is -2.18. The van der Waals surface area contributed by atoms with Crippen molar-refractivity contribution in [3.8, 4) is 11.5 Å². The van der Waals surface area contributed by atoms with E-state index in [0.717, 1.165) is 31.3 Å². The molecule has 2 heterocycles. The molecule has 1 fully saturated rings. The number of benzene rings is 2. The van der Waals surface area contributed by atoms with E-state index < -0.39 is 23.5 Å². The largest absolute Gasteiger partial charge is 0.416 e. The van der Waals surface area contributed by atoms with E-state index in [2.05, 4.69) is 15.0 Å². The molecule has 1 aliphatic rings. The maximum Gasteiger partial charge on any atom is 0.416 e. The fourth-order valence-corrected chi connectivity index (χ4v) is 3.62. The molecule has 10 heteroatoms. The summed E-state index contributed by atoms with van der Waals surface area (Å²) in [5.74, 6) is 0.222. The van der Waals surface area contributed by atoms with Crippen molar-refractivity contribution in [1.82, 2.24) is 15.0 Å². The first-order valence-electron chi connectivity index (χ1n) is 10.2. The van der Waals surface area contributed by atoms with Crippen LogP contribution >= 0.6 is 0 Å². The quantitative estimate of drug-likeness (QED) is 0.400. The van der Waals surface area contributed by atoms with Gasteiger partial charge in [0.25, 0.3) is 5.89 Å². The number of likely N-dealkylation sites (tertiary alicyclic amines) is 1. The number of hydrogen-bond acceptors (Lipinski definition) is 4. The first-order chi connectivity index (χ1) is 15.6. The number of halogens is 6. The predicted octanol–water partition coefficient (Wildman–Crippen LogP) is 6.54. The molecule has 1 aromatic heterocycles. The Bertz CT molecular complexity index is 1090. The Balaban J connectivity index is 1.51. The van der Waals surface area contributed by atoms with E-state index in [9.17, 15) is 26.3 Å². The van der Waals surface area contributed by atoms with Crippen LogP contribution in [0.15, 0.2) is 47.0 Å². The summed E-state index contributed by atoms with van der Waals surface area (Å²) in [5, 5.41) is 3.73. The van der Waals surface area contributed by atoms with Gasteiger partial charge < -0.3 is 4.52 Å². The molecule has 174 valence electrons. The van der Waals surface area contributed by atoms with Crippen molar-refractivity contribution in [2.24, 2.45) is 0 Å². The van der Waals surface area contributed by atoms with Gasteiger partial charge in [-0.05, 0) is 73.5 Å². The normalized spacial score (nSPS) is 15.6. The van der Waals surface area contributed by atoms with Crippen molar-refractivity contribution in [1.29, 1.82) is 0 Å². The highest BCUT2D eigenvalue weighted by Gasteiger charge is 2.36. The van der Waals surface area contributed by atoms with Crippen molar-refractivity contribution < 1.29 is 30.9 Å². The Kier molecular flexibility index (Phi) is 6.29. The van der Waals surface area contributed by atoms with Crippen LogP contribution in [0.1, 0.15) is 40.9 Å². The third kappa shape index (κ3) is 5.81. The molecule has 0 N–H and O–H groups in total. The van der Waals surface area contributed by atoms with Crippen molar-refractivity contribution in [2.75, 3.05) is 13.1 Å². The Morgan fingerprint density at radius 1 is 0.848 bits per heavy atom. The lowest BCUT2D eigenvalue weighted by atomic mass is 10.0. The van der Waals surface area contributed by atoms with E-state index in [1.165, 1.54) is 18.9 Å². The van der Waals surface area contributed by atoms with Crippen molar-refractivity contribution >= 4 is 12.2 Å². The fourth-order valence-electron chi connectivity index (χ4n) is 3.62. The second-order valence-electron chi connectivity index (χ2n) is 7.81. The number of hydrogen-bond donors (Lipinski definition) is 0. The zero-order chi connectivity index (χ0) is 23.6. The van der Waals surface area contributed by atoms with E-state index in [0.29, 0.717) is 17.7 Å². The maximum atomic E-state index is 13.0. The van der Waals surface area contributed by atoms with Crippen LogP contribution in [0.3, 0.4) is 0 Å². The van der Waals surface area contributed by atoms with Gasteiger partial charge in [-0.1, -0.05) is 23.4 Å². The number of nitrogens with zero attached hydrogens (tertiary/aromatic N) is 3. The molecular formula is C23H19F6N3O. The second-order valence-corrected chi connectivity index (χ2v) is 7.81. The van der Waals surface area contributed by atoms with Gasteiger partial charge in [-0.25, -0.2) is 0 Å². The molecule has 1 aliphatic heterocycles. The van der Waals surface area contributed by atoms with Crippen molar-refractivity contribution in [3.05, 3.63) is 70.5 Å². The smallest absolute Gasteiger partial charge is 0.334 e. The highest BCUT2D eigenvalue weighted by Crippen LogP contribution is 2.36. The molecule has 2 aromatic carbocycles. The Morgan fingerprint density at radius 3 is 2.03 bits per heavy atom. The Labute approximate surface area is 185 Å². The summed E-state index contributed by atoms with van der Waals surface area (Å²) in [6.45, 7) is 3.02. The monoisotopic (exact) mass is 467 g/mol. The molecule has 1 saturated heterocycles. The van der Waals surface area contributed by atoms with Crippen LogP contribution in [0, 0.1) is 0 Å². The minimum Gasteiger partial charge on any atom is -0.334 e. The van der Waals surface area contributed by atoms with Gasteiger partial charge in [0.15, 0.2) is 5.82 Å². The third-order valence-corrected chi connectivity index (χ3v) is 5.28. The number of aromatic nitrogens is 2. The summed E-state index contributed by atoms with van der Waals surface area (Å²) < 4.78 is 83.2. The molecule has 0 aliphatic carbocycles. The van der Waals surface area contributed by atoms with E-state index in [-0.39, 0.29) is 23.3 Å². The Hall–Kier alpha value is -3.14. The van der Waals surface area contributed by atoms with Crippen LogP contribution in [-0.2, 0) is 18.9 Å². The molecule has 0 atom stereocenters. The summed E-state index contributed by atoms with van der Waals surface area (Å²) in [6, 6.07) is 8.90. The minimum atomic E-state index is -4.91. The molecule has 0 amide bonds. The van der Waals surface area contributed by atoms with E-state index in [4.69, 9.17) is 4.52 Å². The van der Waals surface area contributed by atoms with Gasteiger partial charge in [-0.3, -0.25) is 4.90 Å². The molecule has 0 bridgehead atoms. The summed E-state index contributed by atoms with van der Waals surface area (Å²) in [6.07, 6.45) is -5.14. The molecule has 0 radical (unpaired) electrons. The molecular weight excluding hydrogens is 448 g/mol. The van der Waals surface area contributed by atoms with Crippen LogP contribution in [-0.4, -0.2) is 28.1 Å². The second kappa shape index (κ2) is 9.01. The molecule has 4 rings (SSSR count). The maximum absolute atomic E-state index is 13.0. The van der Waals surface area contributed by atoms with Crippen LogP contribution in [0.25, 0.3) is 23.6 Å². The average Bonchev–Trinajstić information content (AvgIpc) is 3.44. The fraction of sp³-hybridized carbons (Fsp3) is 0.304. The van der Waals surface area contributed by atoms with Gasteiger partial charge in [-0.2, -0.15) is 31.3 Å². The highest BCUT2D eigenvalue weighted by molar-refractivity contribution is 5.68. The standard InChI is InChI=1S/C23H19F6N3O/c24-22(25,26)18-11-16(12-19(13-18)23(27,28)29)5-8-20-30-21(33-31-20)17-6-3-15(4-7-17)14-32-9-1-2-10-32/h3-8,11-13H,1-2,9-10,14H2/b8-5+. The summed E-state index contributed by atoms with van der Waals surface area (Å²) in [4.78, 5) is 6.52. The zero-order valence-electron chi connectivity index (χ0n) is 17.2. The van der Waals surface area contributed by atoms with Crippen LogP contribution < -0.4 is 0 Å². The molecule has 0 saturated carbocycles. The average molecular weight is 467 g/mol. The third-order valence-electron chi connectivity index (χ3n) is 5.28. The topological polar surface area (TPSA) is 42.2 Å². The summed E-state index contributed by atoms with van der Waals surface area (Å²) in [5.41, 5.74) is -1.26. The van der Waals surface area contributed by atoms with Gasteiger partial charge >= 0.3 is 12.4 Å². The van der Waals surface area contributed by atoms with Crippen LogP contribution in [0.5, 0.6) is 0 Å². The van der Waals surface area contributed by atoms with Crippen molar-refractivity contribution in [3.63, 3.8) is 0 Å². The lowest BCUT2D eigenvalue weighted by molar-refractivity contribution is -0.143. The zero-order valence-corrected chi connectivity index (χ0v) is 17.2. The van der Waals surface area contributed by atoms with Gasteiger partial charge in [0.1, 0.15) is 0 Å². The first kappa shape index (κ1) is 23.0. The number of rotatable bonds is 5. The van der Waals surface area contributed by atoms with E-state index in [1.54, 1.807) is 0 Å². The van der Waals surface area contributed by atoms with Crippen LogP contribution in [0.4, 0.5) is 26.3 Å². The first-order valence-corrected chi connectivity index (χ1v) is 10.2. The van der Waals surface area contributed by atoms with Gasteiger partial charge in [0.05, 0.1) is 11.1 Å².